The van der Waals surface area contributed by atoms with Crippen LogP contribution in [-0.2, 0) is 23.8 Å². The minimum atomic E-state index is -1.33. The summed E-state index contributed by atoms with van der Waals surface area (Å²) < 4.78 is 19.5. The Bertz CT molecular complexity index is 1130. The van der Waals surface area contributed by atoms with Gasteiger partial charge in [0, 0.05) is 11.8 Å². The van der Waals surface area contributed by atoms with Crippen LogP contribution in [0.3, 0.4) is 0 Å². The first-order valence-electron chi connectivity index (χ1n) is 14.9. The van der Waals surface area contributed by atoms with Crippen molar-refractivity contribution < 1.29 is 28.9 Å². The van der Waals surface area contributed by atoms with E-state index in [-0.39, 0.29) is 46.1 Å². The molecule has 2 aliphatic heterocycles. The van der Waals surface area contributed by atoms with Gasteiger partial charge in [-0.2, -0.15) is 0 Å². The fraction of sp³-hybridized carbons (Fsp3) is 0.812. The zero-order valence-electron chi connectivity index (χ0n) is 24.6. The highest BCUT2D eigenvalue weighted by Gasteiger charge is 2.68. The van der Waals surface area contributed by atoms with Crippen LogP contribution in [0.2, 0.25) is 0 Å². The molecule has 6 rings (SSSR count). The molecule has 0 aromatic rings. The summed E-state index contributed by atoms with van der Waals surface area (Å²) >= 11 is 1.19. The van der Waals surface area contributed by atoms with Crippen LogP contribution in [0.25, 0.3) is 0 Å². The molecule has 5 fully saturated rings. The summed E-state index contributed by atoms with van der Waals surface area (Å²) in [7, 11) is 0. The molecular formula is C32H46O6S. The van der Waals surface area contributed by atoms with Crippen LogP contribution < -0.4 is 0 Å². The van der Waals surface area contributed by atoms with Crippen molar-refractivity contribution in [1.29, 1.82) is 0 Å². The Morgan fingerprint density at radius 3 is 2.59 bits per heavy atom. The van der Waals surface area contributed by atoms with Crippen LogP contribution in [0.1, 0.15) is 86.5 Å². The van der Waals surface area contributed by atoms with Gasteiger partial charge in [-0.25, -0.2) is 0 Å². The lowest BCUT2D eigenvalue weighted by molar-refractivity contribution is -0.392. The van der Waals surface area contributed by atoms with Gasteiger partial charge in [0.15, 0.2) is 10.9 Å². The molecule has 2 heterocycles. The van der Waals surface area contributed by atoms with Crippen LogP contribution >= 0.6 is 11.8 Å². The first-order valence-corrected chi connectivity index (χ1v) is 16.2. The van der Waals surface area contributed by atoms with E-state index in [0.29, 0.717) is 24.2 Å². The van der Waals surface area contributed by atoms with E-state index in [1.165, 1.54) is 11.8 Å². The Labute approximate surface area is 237 Å². The normalized spacial score (nSPS) is 50.6. The van der Waals surface area contributed by atoms with Gasteiger partial charge in [0.1, 0.15) is 5.60 Å². The van der Waals surface area contributed by atoms with E-state index in [0.717, 1.165) is 37.7 Å². The number of hydrogen-bond acceptors (Lipinski definition) is 7. The molecule has 6 nitrogen and oxygen atoms in total. The van der Waals surface area contributed by atoms with Crippen LogP contribution in [-0.4, -0.2) is 51.6 Å². The second kappa shape index (κ2) is 9.00. The predicted octanol–water partition coefficient (Wildman–Crippen LogP) is 5.82. The lowest BCUT2D eigenvalue weighted by Gasteiger charge is -2.59. The van der Waals surface area contributed by atoms with E-state index in [4.69, 9.17) is 14.2 Å². The van der Waals surface area contributed by atoms with Crippen molar-refractivity contribution in [3.05, 3.63) is 23.8 Å². The largest absolute Gasteiger partial charge is 0.392 e. The molecule has 2 saturated heterocycles. The van der Waals surface area contributed by atoms with Crippen molar-refractivity contribution >= 4 is 22.7 Å². The molecule has 2 bridgehead atoms. The summed E-state index contributed by atoms with van der Waals surface area (Å²) in [5.74, 6) is 0.465. The van der Waals surface area contributed by atoms with Gasteiger partial charge < -0.3 is 19.3 Å². The van der Waals surface area contributed by atoms with Crippen LogP contribution in [0.5, 0.6) is 0 Å². The second-order valence-electron chi connectivity index (χ2n) is 14.6. The minimum Gasteiger partial charge on any atom is -0.392 e. The fourth-order valence-electron chi connectivity index (χ4n) is 9.97. The number of aliphatic hydroxyl groups excluding tert-OH is 1. The monoisotopic (exact) mass is 558 g/mol. The van der Waals surface area contributed by atoms with Gasteiger partial charge in [0.05, 0.1) is 24.2 Å². The molecular weight excluding hydrogens is 512 g/mol. The van der Waals surface area contributed by atoms with E-state index >= 15 is 0 Å². The maximum absolute atomic E-state index is 12.5. The minimum absolute atomic E-state index is 0.00114. The second-order valence-corrected chi connectivity index (χ2v) is 15.4. The average molecular weight is 559 g/mol. The highest BCUT2D eigenvalue weighted by Crippen LogP contribution is 2.68. The first-order chi connectivity index (χ1) is 18.2. The number of hydrogen-bond donors (Lipinski definition) is 1. The van der Waals surface area contributed by atoms with E-state index in [1.54, 1.807) is 18.4 Å². The number of aliphatic hydroxyl groups is 1. The Kier molecular flexibility index (Phi) is 6.50. The van der Waals surface area contributed by atoms with Crippen molar-refractivity contribution in [3.8, 4) is 0 Å². The Hall–Kier alpha value is -0.990. The molecule has 1 N–H and O–H groups in total. The molecule has 4 aliphatic carbocycles. The lowest BCUT2D eigenvalue weighted by Crippen LogP contribution is -2.56. The van der Waals surface area contributed by atoms with Gasteiger partial charge in [0.2, 0.25) is 0 Å². The quantitative estimate of drug-likeness (QED) is 0.465. The van der Waals surface area contributed by atoms with Gasteiger partial charge in [-0.05, 0) is 106 Å². The zero-order chi connectivity index (χ0) is 28.2. The Morgan fingerprint density at radius 2 is 1.87 bits per heavy atom. The van der Waals surface area contributed by atoms with Crippen LogP contribution in [0.15, 0.2) is 23.8 Å². The van der Waals surface area contributed by atoms with Crippen LogP contribution in [0.4, 0.5) is 0 Å². The zero-order valence-corrected chi connectivity index (χ0v) is 25.4. The van der Waals surface area contributed by atoms with Crippen LogP contribution in [0, 0.1) is 40.4 Å². The molecule has 7 unspecified atom stereocenters. The standard InChI is InChI=1S/C32H46O6S/c1-18(25-16-31(6)28(2,3)37-32(36-25,38-31)17-26(35)39-7)21-8-9-22-27-23(11-13-30(21,22)5)29(4)12-10-20(33)14-19(29)15-24(27)34/h10,12,14,18,21-25,27,34H,8-9,11,13,15-17H2,1-7H3/t18-,21-,22?,23?,24?,25?,27?,29+,30-,31?,32?/m1/s1. The third kappa shape index (κ3) is 4.04. The predicted molar refractivity (Wildman–Crippen MR) is 151 cm³/mol. The molecule has 0 amide bonds. The molecule has 7 heteroatoms. The molecule has 11 atom stereocenters. The number of ketones is 1. The van der Waals surface area contributed by atoms with Crippen molar-refractivity contribution in [1.82, 2.24) is 0 Å². The molecule has 0 radical (unpaired) electrons. The first kappa shape index (κ1) is 28.1. The van der Waals surface area contributed by atoms with Crippen molar-refractivity contribution in [3.63, 3.8) is 0 Å². The maximum atomic E-state index is 12.5. The number of allylic oxidation sites excluding steroid dienone is 3. The fourth-order valence-corrected chi connectivity index (χ4v) is 10.3. The summed E-state index contributed by atoms with van der Waals surface area (Å²) in [4.78, 5) is 24.7. The third-order valence-electron chi connectivity index (χ3n) is 12.4. The van der Waals surface area contributed by atoms with Crippen molar-refractivity contribution in [2.45, 2.75) is 116 Å². The topological polar surface area (TPSA) is 82.1 Å². The lowest BCUT2D eigenvalue weighted by atomic mass is 9.46. The summed E-state index contributed by atoms with van der Waals surface area (Å²) in [6.45, 7) is 13.3. The number of carbonyl (C=O) groups is 2. The number of ether oxygens (including phenoxy) is 3. The highest BCUT2D eigenvalue weighted by atomic mass is 32.2. The average Bonchev–Trinajstić information content (AvgIpc) is 3.26. The maximum Gasteiger partial charge on any atom is 0.292 e. The smallest absolute Gasteiger partial charge is 0.292 e. The molecule has 0 aromatic heterocycles. The van der Waals surface area contributed by atoms with E-state index in [2.05, 4.69) is 33.8 Å². The van der Waals surface area contributed by atoms with Gasteiger partial charge >= 0.3 is 0 Å². The van der Waals surface area contributed by atoms with Gasteiger partial charge in [0.25, 0.3) is 5.97 Å². The molecule has 0 aromatic carbocycles. The summed E-state index contributed by atoms with van der Waals surface area (Å²) in [5, 5.41) is 11.5. The van der Waals surface area contributed by atoms with Gasteiger partial charge in [-0.1, -0.05) is 44.2 Å². The SMILES string of the molecule is CSC(=O)CC12OC([C@H](C)[C@H]3CCC4C5C(O)CC6=CC(=O)C=C[C@]6(C)C5CC[C@@]43C)CC(C)(O1)C(C)(C)O2. The van der Waals surface area contributed by atoms with Gasteiger partial charge in [-0.3, -0.25) is 9.59 Å². The van der Waals surface area contributed by atoms with E-state index in [9.17, 15) is 14.7 Å². The molecule has 39 heavy (non-hydrogen) atoms. The summed E-state index contributed by atoms with van der Waals surface area (Å²) in [5.41, 5.74) is -0.0293. The number of rotatable bonds is 4. The number of carbonyl (C=O) groups excluding carboxylic acids is 2. The molecule has 6 aliphatic rings. The summed E-state index contributed by atoms with van der Waals surface area (Å²) in [6.07, 6.45) is 12.8. The van der Waals surface area contributed by atoms with Crippen molar-refractivity contribution in [2.75, 3.05) is 6.26 Å². The molecule has 216 valence electrons. The number of fused-ring (bicyclic) bond motifs is 7. The molecule has 3 saturated carbocycles. The van der Waals surface area contributed by atoms with Crippen molar-refractivity contribution in [2.24, 2.45) is 40.4 Å². The molecule has 0 spiro atoms. The highest BCUT2D eigenvalue weighted by molar-refractivity contribution is 8.13. The summed E-state index contributed by atoms with van der Waals surface area (Å²) in [6, 6.07) is 0. The van der Waals surface area contributed by atoms with Gasteiger partial charge in [-0.15, -0.1) is 0 Å². The number of thioether (sulfide) groups is 1. The Balaban J connectivity index is 1.27. The van der Waals surface area contributed by atoms with E-state index < -0.39 is 23.3 Å². The van der Waals surface area contributed by atoms with E-state index in [1.807, 2.05) is 13.8 Å². The Morgan fingerprint density at radius 1 is 1.13 bits per heavy atom. The third-order valence-corrected chi connectivity index (χ3v) is 13.0.